The monoisotopic (exact) mass is 220 g/mol. The number of nitrogens with one attached hydrogen (secondary N) is 1. The Balaban J connectivity index is 2.32. The summed E-state index contributed by atoms with van der Waals surface area (Å²) in [5.41, 5.74) is 2.34. The number of oxazole rings is 1. The fourth-order valence-corrected chi connectivity index (χ4v) is 1.56. The van der Waals surface area contributed by atoms with Crippen LogP contribution in [0.25, 0.3) is 11.1 Å². The van der Waals surface area contributed by atoms with Crippen molar-refractivity contribution in [1.29, 1.82) is 0 Å². The van der Waals surface area contributed by atoms with E-state index in [1.54, 1.807) is 13.1 Å². The van der Waals surface area contributed by atoms with Crippen LogP contribution in [-0.4, -0.2) is 17.4 Å². The Labute approximate surface area is 91.7 Å². The number of benzene rings is 1. The maximum absolute atomic E-state index is 11.2. The van der Waals surface area contributed by atoms with E-state index in [4.69, 9.17) is 4.42 Å². The zero-order valence-corrected chi connectivity index (χ0v) is 8.90. The van der Waals surface area contributed by atoms with Gasteiger partial charge in [0.05, 0.1) is 12.1 Å². The Morgan fingerprint density at radius 2 is 2.31 bits per heavy atom. The lowest BCUT2D eigenvalue weighted by molar-refractivity contribution is -0.107. The number of aromatic nitrogens is 1. The molecule has 2 rings (SSSR count). The molecule has 1 aromatic carbocycles. The van der Waals surface area contributed by atoms with Gasteiger partial charge < -0.3 is 14.5 Å². The highest BCUT2D eigenvalue weighted by Gasteiger charge is 2.05. The summed E-state index contributed by atoms with van der Waals surface area (Å²) in [5, 5.41) is 2.96. The Hall–Kier alpha value is -1.88. The van der Waals surface area contributed by atoms with Crippen molar-refractivity contribution in [3.63, 3.8) is 0 Å². The molecule has 0 saturated carbocycles. The lowest BCUT2D eigenvalue weighted by Crippen LogP contribution is -2.15. The van der Waals surface area contributed by atoms with Crippen molar-refractivity contribution >= 4 is 17.4 Å². The summed E-state index contributed by atoms with van der Waals surface area (Å²) in [4.78, 5) is 21.4. The molecule has 2 aromatic rings. The molecule has 5 nitrogen and oxygen atoms in total. The highest BCUT2D eigenvalue weighted by molar-refractivity contribution is 5.73. The topological polar surface area (TPSA) is 64.2 Å². The maximum Gasteiger partial charge on any atom is 0.419 e. The van der Waals surface area contributed by atoms with Gasteiger partial charge in [-0.2, -0.15) is 0 Å². The third-order valence-corrected chi connectivity index (χ3v) is 2.41. The molecule has 0 amide bonds. The van der Waals surface area contributed by atoms with E-state index in [-0.39, 0.29) is 5.76 Å². The summed E-state index contributed by atoms with van der Waals surface area (Å²) in [6, 6.07) is 5.50. The van der Waals surface area contributed by atoms with E-state index in [1.807, 2.05) is 12.1 Å². The smallest absolute Gasteiger partial charge is 0.408 e. The van der Waals surface area contributed by atoms with Gasteiger partial charge in [0.2, 0.25) is 0 Å². The molecule has 0 radical (unpaired) electrons. The van der Waals surface area contributed by atoms with Crippen LogP contribution in [0.15, 0.2) is 27.4 Å². The molecule has 5 heteroatoms. The number of aryl methyl sites for hydroxylation is 1. The van der Waals surface area contributed by atoms with E-state index in [9.17, 15) is 9.59 Å². The lowest BCUT2D eigenvalue weighted by atomic mass is 10.2. The molecular weight excluding hydrogens is 208 g/mol. The van der Waals surface area contributed by atoms with Gasteiger partial charge in [-0.1, -0.05) is 6.07 Å². The van der Waals surface area contributed by atoms with E-state index >= 15 is 0 Å². The van der Waals surface area contributed by atoms with Crippen LogP contribution in [0.2, 0.25) is 0 Å². The second-order valence-electron chi connectivity index (χ2n) is 3.53. The van der Waals surface area contributed by atoms with Crippen LogP contribution in [0, 0.1) is 0 Å². The number of nitrogens with zero attached hydrogens (tertiary/aromatic N) is 1. The van der Waals surface area contributed by atoms with Gasteiger partial charge in [-0.15, -0.1) is 0 Å². The van der Waals surface area contributed by atoms with Crippen LogP contribution in [0.5, 0.6) is 0 Å². The number of aldehydes is 1. The third-order valence-electron chi connectivity index (χ3n) is 2.41. The van der Waals surface area contributed by atoms with E-state index in [0.717, 1.165) is 17.4 Å². The van der Waals surface area contributed by atoms with Crippen molar-refractivity contribution in [2.24, 2.45) is 7.05 Å². The second kappa shape index (κ2) is 4.32. The van der Waals surface area contributed by atoms with Crippen LogP contribution in [0.4, 0.5) is 0 Å². The van der Waals surface area contributed by atoms with E-state index in [1.165, 1.54) is 4.57 Å². The third kappa shape index (κ3) is 1.90. The first-order chi connectivity index (χ1) is 7.72. The molecular formula is C11H12N2O3. The molecule has 1 aromatic heterocycles. The number of rotatable bonds is 4. The van der Waals surface area contributed by atoms with Crippen LogP contribution in [-0.2, 0) is 18.4 Å². The molecule has 0 aliphatic carbocycles. The Morgan fingerprint density at radius 3 is 3.06 bits per heavy atom. The average molecular weight is 220 g/mol. The molecule has 0 aliphatic rings. The fourth-order valence-electron chi connectivity index (χ4n) is 1.56. The summed E-state index contributed by atoms with van der Waals surface area (Å²) in [5.74, 6) is -0.368. The van der Waals surface area contributed by atoms with Gasteiger partial charge in [0, 0.05) is 13.6 Å². The van der Waals surface area contributed by atoms with Crippen LogP contribution in [0.1, 0.15) is 5.56 Å². The van der Waals surface area contributed by atoms with E-state index in [2.05, 4.69) is 5.32 Å². The molecule has 0 spiro atoms. The molecule has 0 saturated heterocycles. The van der Waals surface area contributed by atoms with Crippen LogP contribution in [0.3, 0.4) is 0 Å². The van der Waals surface area contributed by atoms with Crippen molar-refractivity contribution in [2.45, 2.75) is 6.54 Å². The summed E-state index contributed by atoms with van der Waals surface area (Å²) >= 11 is 0. The highest BCUT2D eigenvalue weighted by atomic mass is 16.4. The predicted octanol–water partition coefficient (Wildman–Crippen LogP) is 0.420. The van der Waals surface area contributed by atoms with Crippen LogP contribution < -0.4 is 11.1 Å². The first-order valence-electron chi connectivity index (χ1n) is 4.95. The summed E-state index contributed by atoms with van der Waals surface area (Å²) in [6.07, 6.45) is 0.812. The molecule has 0 fully saturated rings. The second-order valence-corrected chi connectivity index (χ2v) is 3.53. The van der Waals surface area contributed by atoms with Crippen molar-refractivity contribution in [2.75, 3.05) is 6.54 Å². The van der Waals surface area contributed by atoms with E-state index in [0.29, 0.717) is 18.7 Å². The van der Waals surface area contributed by atoms with Gasteiger partial charge in [-0.05, 0) is 17.7 Å². The molecule has 84 valence electrons. The minimum absolute atomic E-state index is 0.322. The zero-order valence-electron chi connectivity index (χ0n) is 8.90. The van der Waals surface area contributed by atoms with Crippen LogP contribution >= 0.6 is 0 Å². The Bertz CT molecular complexity index is 568. The maximum atomic E-state index is 11.2. The molecule has 1 N–H and O–H groups in total. The number of fused-ring (bicyclic) bond motifs is 1. The Kier molecular flexibility index (Phi) is 2.87. The first-order valence-corrected chi connectivity index (χ1v) is 4.95. The lowest BCUT2D eigenvalue weighted by Gasteiger charge is -2.01. The largest absolute Gasteiger partial charge is 0.419 e. The molecule has 0 bridgehead atoms. The molecule has 16 heavy (non-hydrogen) atoms. The Morgan fingerprint density at radius 1 is 1.50 bits per heavy atom. The molecule has 0 aliphatic heterocycles. The molecule has 0 unspecified atom stereocenters. The van der Waals surface area contributed by atoms with Crippen molar-refractivity contribution in [3.05, 3.63) is 34.3 Å². The summed E-state index contributed by atoms with van der Waals surface area (Å²) in [6.45, 7) is 0.913. The predicted molar refractivity (Wildman–Crippen MR) is 59.2 cm³/mol. The minimum atomic E-state index is -0.368. The number of hydrogen-bond acceptors (Lipinski definition) is 4. The molecule has 1 heterocycles. The minimum Gasteiger partial charge on any atom is -0.408 e. The normalized spacial score (nSPS) is 10.8. The van der Waals surface area contributed by atoms with Gasteiger partial charge in [0.25, 0.3) is 0 Å². The van der Waals surface area contributed by atoms with Crippen molar-refractivity contribution in [3.8, 4) is 0 Å². The van der Waals surface area contributed by atoms with Gasteiger partial charge in [-0.25, -0.2) is 4.79 Å². The SMILES string of the molecule is Cn1c(=O)oc2ccc(CNCC=O)cc21. The van der Waals surface area contributed by atoms with E-state index < -0.39 is 0 Å². The van der Waals surface area contributed by atoms with Gasteiger partial charge in [0.15, 0.2) is 5.58 Å². The van der Waals surface area contributed by atoms with Crippen molar-refractivity contribution < 1.29 is 9.21 Å². The number of carbonyl (C=O) groups excluding carboxylic acids is 1. The summed E-state index contributed by atoms with van der Waals surface area (Å²) < 4.78 is 6.47. The molecule has 0 atom stereocenters. The highest BCUT2D eigenvalue weighted by Crippen LogP contribution is 2.13. The van der Waals surface area contributed by atoms with Crippen molar-refractivity contribution in [1.82, 2.24) is 9.88 Å². The zero-order chi connectivity index (χ0) is 11.5. The fraction of sp³-hybridized carbons (Fsp3) is 0.273. The van der Waals surface area contributed by atoms with Gasteiger partial charge in [-0.3, -0.25) is 4.57 Å². The average Bonchev–Trinajstić information content (AvgIpc) is 2.56. The van der Waals surface area contributed by atoms with Gasteiger partial charge in [0.1, 0.15) is 6.29 Å². The number of hydrogen-bond donors (Lipinski definition) is 1. The quantitative estimate of drug-likeness (QED) is 0.599. The van der Waals surface area contributed by atoms with Gasteiger partial charge >= 0.3 is 5.76 Å². The number of carbonyl (C=O) groups is 1. The standard InChI is InChI=1S/C11H12N2O3/c1-13-9-6-8(7-12-4-5-14)2-3-10(9)16-11(13)15/h2-3,5-6,12H,4,7H2,1H3. The summed E-state index contributed by atoms with van der Waals surface area (Å²) in [7, 11) is 1.66. The first kappa shape index (κ1) is 10.6.